The van der Waals surface area contributed by atoms with Crippen LogP contribution < -0.4 is 0 Å². The number of hydrogen-bond donors (Lipinski definition) is 0. The predicted octanol–water partition coefficient (Wildman–Crippen LogP) is 2.42. The summed E-state index contributed by atoms with van der Waals surface area (Å²) < 4.78 is 0.739. The Kier molecular flexibility index (Phi) is 3.60. The summed E-state index contributed by atoms with van der Waals surface area (Å²) >= 11 is 3.25. The summed E-state index contributed by atoms with van der Waals surface area (Å²) in [5, 5.41) is 10.6. The van der Waals surface area contributed by atoms with E-state index in [9.17, 15) is 10.1 Å². The lowest BCUT2D eigenvalue weighted by atomic mass is 10.2. The fraction of sp³-hybridized carbons (Fsp3) is 0.333. The summed E-state index contributed by atoms with van der Waals surface area (Å²) in [6.07, 6.45) is 0. The molecule has 1 aromatic carbocycles. The molecule has 0 aliphatic carbocycles. The van der Waals surface area contributed by atoms with E-state index < -0.39 is 0 Å². The van der Waals surface area contributed by atoms with Crippen molar-refractivity contribution < 1.29 is 4.92 Å². The van der Waals surface area contributed by atoms with Crippen molar-refractivity contribution in [2.75, 3.05) is 14.1 Å². The van der Waals surface area contributed by atoms with E-state index in [0.29, 0.717) is 6.54 Å². The minimum atomic E-state index is -0.385. The molecule has 0 fully saturated rings. The Balaban J connectivity index is 3.01. The second kappa shape index (κ2) is 4.52. The first kappa shape index (κ1) is 11.1. The van der Waals surface area contributed by atoms with Crippen molar-refractivity contribution in [3.63, 3.8) is 0 Å². The van der Waals surface area contributed by atoms with Crippen LogP contribution in [0.4, 0.5) is 5.69 Å². The van der Waals surface area contributed by atoms with Crippen LogP contribution in [0.25, 0.3) is 0 Å². The molecule has 4 nitrogen and oxygen atoms in total. The molecular weight excluding hydrogens is 248 g/mol. The Morgan fingerprint density at radius 2 is 2.07 bits per heavy atom. The largest absolute Gasteiger partial charge is 0.305 e. The highest BCUT2D eigenvalue weighted by Crippen LogP contribution is 2.21. The van der Waals surface area contributed by atoms with Gasteiger partial charge < -0.3 is 4.90 Å². The Hall–Kier alpha value is -0.940. The molecule has 14 heavy (non-hydrogen) atoms. The lowest BCUT2D eigenvalue weighted by Gasteiger charge is -2.09. The van der Waals surface area contributed by atoms with E-state index in [-0.39, 0.29) is 10.6 Å². The van der Waals surface area contributed by atoms with Gasteiger partial charge in [0.1, 0.15) is 0 Å². The molecule has 76 valence electrons. The van der Waals surface area contributed by atoms with Gasteiger partial charge in [0, 0.05) is 23.2 Å². The first-order valence-corrected chi connectivity index (χ1v) is 4.87. The number of nitro groups is 1. The van der Waals surface area contributed by atoms with E-state index in [1.54, 1.807) is 6.07 Å². The third kappa shape index (κ3) is 3.08. The van der Waals surface area contributed by atoms with E-state index in [2.05, 4.69) is 15.9 Å². The van der Waals surface area contributed by atoms with Gasteiger partial charge in [0.25, 0.3) is 5.69 Å². The Bertz CT molecular complexity index is 353. The fourth-order valence-electron chi connectivity index (χ4n) is 1.20. The molecule has 5 heteroatoms. The molecule has 0 radical (unpaired) electrons. The molecule has 1 rings (SSSR count). The van der Waals surface area contributed by atoms with Crippen LogP contribution in [0.2, 0.25) is 0 Å². The first-order valence-electron chi connectivity index (χ1n) is 4.07. The van der Waals surface area contributed by atoms with Gasteiger partial charge in [-0.05, 0) is 25.7 Å². The highest BCUT2D eigenvalue weighted by atomic mass is 79.9. The van der Waals surface area contributed by atoms with Gasteiger partial charge in [-0.25, -0.2) is 0 Å². The molecule has 0 bridgehead atoms. The van der Waals surface area contributed by atoms with Crippen molar-refractivity contribution in [2.45, 2.75) is 6.54 Å². The van der Waals surface area contributed by atoms with Crippen molar-refractivity contribution in [3.8, 4) is 0 Å². The molecular formula is C9H11BrN2O2. The highest BCUT2D eigenvalue weighted by Gasteiger charge is 2.08. The molecule has 0 saturated heterocycles. The Morgan fingerprint density at radius 3 is 2.57 bits per heavy atom. The molecule has 0 spiro atoms. The minimum absolute atomic E-state index is 0.122. The van der Waals surface area contributed by atoms with Gasteiger partial charge in [-0.1, -0.05) is 15.9 Å². The average Bonchev–Trinajstić information content (AvgIpc) is 2.01. The van der Waals surface area contributed by atoms with Crippen LogP contribution in [-0.4, -0.2) is 23.9 Å². The third-order valence-electron chi connectivity index (χ3n) is 1.65. The second-order valence-corrected chi connectivity index (χ2v) is 4.23. The number of nitro benzene ring substituents is 1. The third-order valence-corrected chi connectivity index (χ3v) is 2.11. The van der Waals surface area contributed by atoms with E-state index in [0.717, 1.165) is 10.0 Å². The quantitative estimate of drug-likeness (QED) is 0.618. The molecule has 1 aromatic rings. The molecule has 0 aliphatic rings. The molecule has 0 atom stereocenters. The molecule has 0 aliphatic heterocycles. The average molecular weight is 259 g/mol. The minimum Gasteiger partial charge on any atom is -0.305 e. The van der Waals surface area contributed by atoms with Crippen LogP contribution in [-0.2, 0) is 6.54 Å². The van der Waals surface area contributed by atoms with E-state index >= 15 is 0 Å². The smallest absolute Gasteiger partial charge is 0.270 e. The molecule has 0 amide bonds. The van der Waals surface area contributed by atoms with Crippen molar-refractivity contribution >= 4 is 21.6 Å². The SMILES string of the molecule is CN(C)Cc1cc(Br)cc([N+](=O)[O-])c1. The molecule has 0 heterocycles. The van der Waals surface area contributed by atoms with Crippen LogP contribution in [0, 0.1) is 10.1 Å². The lowest BCUT2D eigenvalue weighted by Crippen LogP contribution is -2.10. The molecule has 0 N–H and O–H groups in total. The zero-order chi connectivity index (χ0) is 10.7. The van der Waals surface area contributed by atoms with Gasteiger partial charge >= 0.3 is 0 Å². The van der Waals surface area contributed by atoms with Gasteiger partial charge in [-0.2, -0.15) is 0 Å². The number of nitrogens with zero attached hydrogens (tertiary/aromatic N) is 2. The monoisotopic (exact) mass is 258 g/mol. The number of non-ortho nitro benzene ring substituents is 1. The van der Waals surface area contributed by atoms with E-state index in [4.69, 9.17) is 0 Å². The highest BCUT2D eigenvalue weighted by molar-refractivity contribution is 9.10. The molecule has 0 unspecified atom stereocenters. The van der Waals surface area contributed by atoms with Crippen LogP contribution >= 0.6 is 15.9 Å². The summed E-state index contributed by atoms with van der Waals surface area (Å²) in [7, 11) is 3.85. The van der Waals surface area contributed by atoms with Crippen LogP contribution in [0.3, 0.4) is 0 Å². The maximum Gasteiger partial charge on any atom is 0.270 e. The number of rotatable bonds is 3. The number of hydrogen-bond acceptors (Lipinski definition) is 3. The molecule has 0 saturated carbocycles. The van der Waals surface area contributed by atoms with Gasteiger partial charge in [0.05, 0.1) is 4.92 Å². The lowest BCUT2D eigenvalue weighted by molar-refractivity contribution is -0.385. The predicted molar refractivity (Wildman–Crippen MR) is 58.2 cm³/mol. The zero-order valence-corrected chi connectivity index (χ0v) is 9.61. The van der Waals surface area contributed by atoms with E-state index in [1.165, 1.54) is 6.07 Å². The van der Waals surface area contributed by atoms with Gasteiger partial charge in [0.15, 0.2) is 0 Å². The summed E-state index contributed by atoms with van der Waals surface area (Å²) in [6.45, 7) is 0.695. The fourth-order valence-corrected chi connectivity index (χ4v) is 1.72. The van der Waals surface area contributed by atoms with Gasteiger partial charge in [-0.3, -0.25) is 10.1 Å². The Labute approximate surface area is 90.8 Å². The summed E-state index contributed by atoms with van der Waals surface area (Å²) in [5.74, 6) is 0. The van der Waals surface area contributed by atoms with Gasteiger partial charge in [0.2, 0.25) is 0 Å². The number of halogens is 1. The van der Waals surface area contributed by atoms with Crippen LogP contribution in [0.15, 0.2) is 22.7 Å². The van der Waals surface area contributed by atoms with Crippen molar-refractivity contribution in [1.82, 2.24) is 4.90 Å². The second-order valence-electron chi connectivity index (χ2n) is 3.31. The van der Waals surface area contributed by atoms with Crippen molar-refractivity contribution in [1.29, 1.82) is 0 Å². The first-order chi connectivity index (χ1) is 6.49. The standard InChI is InChI=1S/C9H11BrN2O2/c1-11(2)6-7-3-8(10)5-9(4-7)12(13)14/h3-5H,6H2,1-2H3. The summed E-state index contributed by atoms with van der Waals surface area (Å²) in [5.41, 5.74) is 1.05. The summed E-state index contributed by atoms with van der Waals surface area (Å²) in [4.78, 5) is 12.1. The van der Waals surface area contributed by atoms with Crippen molar-refractivity contribution in [2.24, 2.45) is 0 Å². The van der Waals surface area contributed by atoms with Crippen LogP contribution in [0.1, 0.15) is 5.56 Å². The topological polar surface area (TPSA) is 46.4 Å². The normalized spacial score (nSPS) is 10.6. The van der Waals surface area contributed by atoms with Crippen molar-refractivity contribution in [3.05, 3.63) is 38.3 Å². The maximum atomic E-state index is 10.6. The zero-order valence-electron chi connectivity index (χ0n) is 8.03. The Morgan fingerprint density at radius 1 is 1.43 bits per heavy atom. The van der Waals surface area contributed by atoms with Crippen LogP contribution in [0.5, 0.6) is 0 Å². The summed E-state index contributed by atoms with van der Waals surface area (Å²) in [6, 6.07) is 4.97. The maximum absolute atomic E-state index is 10.6. The number of benzene rings is 1. The molecule has 0 aromatic heterocycles. The van der Waals surface area contributed by atoms with Gasteiger partial charge in [-0.15, -0.1) is 0 Å². The van der Waals surface area contributed by atoms with E-state index in [1.807, 2.05) is 25.1 Å².